The molecule has 3 fully saturated rings. The summed E-state index contributed by atoms with van der Waals surface area (Å²) in [4.78, 5) is 0. The molecule has 14 heavy (non-hydrogen) atoms. The summed E-state index contributed by atoms with van der Waals surface area (Å²) in [5.74, 6) is 2.03. The van der Waals surface area contributed by atoms with Gasteiger partial charge in [0.2, 0.25) is 0 Å². The average Bonchev–Trinajstić information content (AvgIpc) is 2.09. The van der Waals surface area contributed by atoms with Crippen LogP contribution in [0.3, 0.4) is 0 Å². The minimum absolute atomic E-state index is 0.0993. The van der Waals surface area contributed by atoms with Gasteiger partial charge in [-0.15, -0.1) is 0 Å². The first-order chi connectivity index (χ1) is 6.68. The quantitative estimate of drug-likeness (QED) is 0.587. The van der Waals surface area contributed by atoms with Crippen molar-refractivity contribution in [1.29, 1.82) is 0 Å². The van der Waals surface area contributed by atoms with Crippen LogP contribution in [0.25, 0.3) is 0 Å². The van der Waals surface area contributed by atoms with Gasteiger partial charge in [-0.1, -0.05) is 25.5 Å². The summed E-state index contributed by atoms with van der Waals surface area (Å²) in [6, 6.07) is 0. The van der Waals surface area contributed by atoms with Crippen LogP contribution in [0.15, 0.2) is 12.2 Å². The van der Waals surface area contributed by atoms with Gasteiger partial charge in [0.05, 0.1) is 6.10 Å². The maximum Gasteiger partial charge on any atom is 0.0605 e. The Bertz CT molecular complexity index is 221. The van der Waals surface area contributed by atoms with Crippen LogP contribution in [0.5, 0.6) is 0 Å². The normalized spacial score (nSPS) is 44.3. The van der Waals surface area contributed by atoms with Gasteiger partial charge in [0.1, 0.15) is 0 Å². The minimum Gasteiger partial charge on any atom is -0.393 e. The second kappa shape index (κ2) is 4.06. The molecule has 0 aromatic rings. The van der Waals surface area contributed by atoms with E-state index in [1.54, 1.807) is 0 Å². The topological polar surface area (TPSA) is 20.2 Å². The van der Waals surface area contributed by atoms with Crippen molar-refractivity contribution in [3.05, 3.63) is 12.2 Å². The zero-order chi connectivity index (χ0) is 10.1. The van der Waals surface area contributed by atoms with Crippen molar-refractivity contribution in [2.75, 3.05) is 0 Å². The van der Waals surface area contributed by atoms with E-state index in [4.69, 9.17) is 0 Å². The molecule has 1 nitrogen and oxygen atoms in total. The molecule has 2 bridgehead atoms. The number of aliphatic hydroxyl groups excluding tert-OH is 1. The lowest BCUT2D eigenvalue weighted by Gasteiger charge is -2.37. The zero-order valence-electron chi connectivity index (χ0n) is 9.21. The van der Waals surface area contributed by atoms with Gasteiger partial charge in [-0.25, -0.2) is 0 Å². The van der Waals surface area contributed by atoms with Crippen molar-refractivity contribution in [2.24, 2.45) is 17.8 Å². The maximum atomic E-state index is 10.0. The third-order valence-electron chi connectivity index (χ3n) is 4.31. The SMILES string of the molecule is C=C1CC(O)[C@H]2CCC[C@@H]1[C@H](C)CC2. The van der Waals surface area contributed by atoms with Crippen molar-refractivity contribution >= 4 is 0 Å². The van der Waals surface area contributed by atoms with Crippen molar-refractivity contribution in [2.45, 2.75) is 51.6 Å². The molecule has 3 saturated carbocycles. The van der Waals surface area contributed by atoms with E-state index in [1.165, 1.54) is 37.7 Å². The van der Waals surface area contributed by atoms with E-state index >= 15 is 0 Å². The third kappa shape index (κ3) is 1.88. The standard InChI is InChI=1S/C13H22O/c1-9-6-7-11-4-3-5-12(9)10(2)8-13(11)14/h9,11-14H,2-8H2,1H3/t9-,11+,12-,13?/m1/s1. The Balaban J connectivity index is 2.19. The van der Waals surface area contributed by atoms with Crippen LogP contribution in [0.4, 0.5) is 0 Å². The van der Waals surface area contributed by atoms with Crippen molar-refractivity contribution < 1.29 is 5.11 Å². The highest BCUT2D eigenvalue weighted by atomic mass is 16.3. The molecule has 0 aromatic heterocycles. The summed E-state index contributed by atoms with van der Waals surface area (Å²) in [6.45, 7) is 6.53. The highest BCUT2D eigenvalue weighted by Gasteiger charge is 2.32. The largest absolute Gasteiger partial charge is 0.393 e. The molecule has 4 atom stereocenters. The van der Waals surface area contributed by atoms with Crippen LogP contribution in [-0.2, 0) is 0 Å². The van der Waals surface area contributed by atoms with E-state index in [1.807, 2.05) is 0 Å². The van der Waals surface area contributed by atoms with Gasteiger partial charge in [0, 0.05) is 0 Å². The summed E-state index contributed by atoms with van der Waals surface area (Å²) in [5, 5.41) is 10.0. The summed E-state index contributed by atoms with van der Waals surface area (Å²) in [5.41, 5.74) is 1.31. The van der Waals surface area contributed by atoms with Crippen molar-refractivity contribution in [3.63, 3.8) is 0 Å². The van der Waals surface area contributed by atoms with E-state index in [0.29, 0.717) is 11.8 Å². The van der Waals surface area contributed by atoms with E-state index in [-0.39, 0.29) is 6.10 Å². The molecule has 3 aliphatic rings. The summed E-state index contributed by atoms with van der Waals surface area (Å²) >= 11 is 0. The van der Waals surface area contributed by atoms with Gasteiger partial charge in [-0.2, -0.15) is 0 Å². The lowest BCUT2D eigenvalue weighted by Crippen LogP contribution is -2.31. The average molecular weight is 194 g/mol. The highest BCUT2D eigenvalue weighted by Crippen LogP contribution is 2.40. The van der Waals surface area contributed by atoms with Crippen molar-refractivity contribution in [3.8, 4) is 0 Å². The molecule has 0 radical (unpaired) electrons. The van der Waals surface area contributed by atoms with Gasteiger partial charge in [0.25, 0.3) is 0 Å². The molecule has 3 aliphatic carbocycles. The number of fused-ring (bicyclic) bond motifs is 6. The number of rotatable bonds is 0. The van der Waals surface area contributed by atoms with Crippen LogP contribution in [0.1, 0.15) is 45.4 Å². The minimum atomic E-state index is -0.0993. The first-order valence-corrected chi connectivity index (χ1v) is 6.04. The molecule has 0 saturated heterocycles. The summed E-state index contributed by atoms with van der Waals surface area (Å²) in [6.07, 6.45) is 7.10. The van der Waals surface area contributed by atoms with Crippen LogP contribution in [0.2, 0.25) is 0 Å². The van der Waals surface area contributed by atoms with Crippen LogP contribution in [-0.4, -0.2) is 11.2 Å². The van der Waals surface area contributed by atoms with Crippen LogP contribution in [0, 0.1) is 17.8 Å². The second-order valence-corrected chi connectivity index (χ2v) is 5.28. The zero-order valence-corrected chi connectivity index (χ0v) is 9.21. The fraction of sp³-hybridized carbons (Fsp3) is 0.846. The predicted molar refractivity (Wildman–Crippen MR) is 59.0 cm³/mol. The maximum absolute atomic E-state index is 10.0. The molecule has 1 N–H and O–H groups in total. The van der Waals surface area contributed by atoms with Gasteiger partial charge < -0.3 is 5.11 Å². The molecule has 0 amide bonds. The molecule has 80 valence electrons. The Kier molecular flexibility index (Phi) is 2.96. The first kappa shape index (κ1) is 10.2. The lowest BCUT2D eigenvalue weighted by atomic mass is 9.70. The Morgan fingerprint density at radius 3 is 2.79 bits per heavy atom. The fourth-order valence-corrected chi connectivity index (χ4v) is 3.28. The molecule has 1 heteroatoms. The number of aliphatic hydroxyl groups is 1. The molecule has 0 heterocycles. The Hall–Kier alpha value is -0.300. The van der Waals surface area contributed by atoms with Crippen LogP contribution >= 0.6 is 0 Å². The highest BCUT2D eigenvalue weighted by molar-refractivity contribution is 5.07. The summed E-state index contributed by atoms with van der Waals surface area (Å²) in [7, 11) is 0. The first-order valence-electron chi connectivity index (χ1n) is 6.04. The van der Waals surface area contributed by atoms with Gasteiger partial charge >= 0.3 is 0 Å². The van der Waals surface area contributed by atoms with Gasteiger partial charge in [-0.05, 0) is 49.9 Å². The van der Waals surface area contributed by atoms with E-state index < -0.39 is 0 Å². The van der Waals surface area contributed by atoms with Crippen LogP contribution < -0.4 is 0 Å². The number of hydrogen-bond acceptors (Lipinski definition) is 1. The molecule has 0 aromatic carbocycles. The van der Waals surface area contributed by atoms with Crippen molar-refractivity contribution in [1.82, 2.24) is 0 Å². The Morgan fingerprint density at radius 1 is 1.21 bits per heavy atom. The monoisotopic (exact) mass is 194 g/mol. The molecule has 0 spiro atoms. The van der Waals surface area contributed by atoms with E-state index in [0.717, 1.165) is 12.3 Å². The third-order valence-corrected chi connectivity index (χ3v) is 4.31. The predicted octanol–water partition coefficient (Wildman–Crippen LogP) is 3.14. The summed E-state index contributed by atoms with van der Waals surface area (Å²) < 4.78 is 0. The second-order valence-electron chi connectivity index (χ2n) is 5.28. The van der Waals surface area contributed by atoms with E-state index in [2.05, 4.69) is 13.5 Å². The van der Waals surface area contributed by atoms with Gasteiger partial charge in [0.15, 0.2) is 0 Å². The smallest absolute Gasteiger partial charge is 0.0605 e. The van der Waals surface area contributed by atoms with Gasteiger partial charge in [-0.3, -0.25) is 0 Å². The molecular weight excluding hydrogens is 172 g/mol. The fourth-order valence-electron chi connectivity index (χ4n) is 3.28. The Labute approximate surface area is 87.2 Å². The lowest BCUT2D eigenvalue weighted by molar-refractivity contribution is 0.0652. The Morgan fingerprint density at radius 2 is 2.00 bits per heavy atom. The molecule has 0 aliphatic heterocycles. The van der Waals surface area contributed by atoms with E-state index in [9.17, 15) is 5.11 Å². The molecule has 3 rings (SSSR count). The number of hydrogen-bond donors (Lipinski definition) is 1. The molecule has 1 unspecified atom stereocenters. The molecular formula is C13H22O.